The van der Waals surface area contributed by atoms with Gasteiger partial charge in [0.05, 0.1) is 6.10 Å². The van der Waals surface area contributed by atoms with E-state index in [9.17, 15) is 4.79 Å². The fourth-order valence-corrected chi connectivity index (χ4v) is 1.02. The number of alkyl carbamates (subject to hydrolysis) is 1. The molecule has 0 aromatic carbocycles. The smallest absolute Gasteiger partial charge is 0.406 e. The van der Waals surface area contributed by atoms with E-state index < -0.39 is 0 Å². The molecular formula is C7H13NO3. The van der Waals surface area contributed by atoms with Crippen molar-refractivity contribution in [3.8, 4) is 0 Å². The van der Waals surface area contributed by atoms with Gasteiger partial charge in [0.2, 0.25) is 0 Å². The van der Waals surface area contributed by atoms with Crippen molar-refractivity contribution >= 4 is 6.09 Å². The first-order valence-corrected chi connectivity index (χ1v) is 3.79. The Morgan fingerprint density at radius 1 is 1.82 bits per heavy atom. The van der Waals surface area contributed by atoms with Gasteiger partial charge in [0.25, 0.3) is 0 Å². The number of carbonyl (C=O) groups is 1. The first kappa shape index (κ1) is 8.33. The van der Waals surface area contributed by atoms with Gasteiger partial charge in [-0.3, -0.25) is 0 Å². The molecule has 1 heterocycles. The molecular weight excluding hydrogens is 146 g/mol. The van der Waals surface area contributed by atoms with Gasteiger partial charge in [-0.15, -0.1) is 0 Å². The maximum Gasteiger partial charge on any atom is 0.406 e. The Labute approximate surface area is 65.9 Å². The van der Waals surface area contributed by atoms with Crippen LogP contribution >= 0.6 is 0 Å². The van der Waals surface area contributed by atoms with Crippen LogP contribution in [0.4, 0.5) is 4.79 Å². The molecule has 0 spiro atoms. The zero-order chi connectivity index (χ0) is 8.10. The van der Waals surface area contributed by atoms with Crippen LogP contribution in [0.3, 0.4) is 0 Å². The highest BCUT2D eigenvalue weighted by molar-refractivity contribution is 5.66. The lowest BCUT2D eigenvalue weighted by Crippen LogP contribution is -2.24. The van der Waals surface area contributed by atoms with E-state index in [1.807, 2.05) is 0 Å². The maximum atomic E-state index is 10.6. The summed E-state index contributed by atoms with van der Waals surface area (Å²) in [5, 5.41) is 2.37. The molecule has 1 unspecified atom stereocenters. The Bertz CT molecular complexity index is 132. The average molecular weight is 159 g/mol. The van der Waals surface area contributed by atoms with E-state index in [1.165, 1.54) is 7.05 Å². The van der Waals surface area contributed by atoms with Crippen LogP contribution in [0.2, 0.25) is 0 Å². The molecule has 1 aliphatic rings. The summed E-state index contributed by atoms with van der Waals surface area (Å²) in [6.07, 6.45) is 1.80. The van der Waals surface area contributed by atoms with E-state index in [0.717, 1.165) is 19.4 Å². The van der Waals surface area contributed by atoms with Gasteiger partial charge >= 0.3 is 6.09 Å². The minimum Gasteiger partial charge on any atom is -0.447 e. The number of rotatable bonds is 2. The highest BCUT2D eigenvalue weighted by Crippen LogP contribution is 2.11. The summed E-state index contributed by atoms with van der Waals surface area (Å²) in [5.74, 6) is 0. The fraction of sp³-hybridized carbons (Fsp3) is 0.857. The first-order valence-electron chi connectivity index (χ1n) is 3.79. The van der Waals surface area contributed by atoms with E-state index >= 15 is 0 Å². The van der Waals surface area contributed by atoms with E-state index in [1.54, 1.807) is 0 Å². The topological polar surface area (TPSA) is 47.6 Å². The molecule has 0 aromatic heterocycles. The third-order valence-corrected chi connectivity index (χ3v) is 1.63. The minimum atomic E-state index is -0.388. The molecule has 0 bridgehead atoms. The van der Waals surface area contributed by atoms with Crippen molar-refractivity contribution in [2.24, 2.45) is 0 Å². The standard InChI is InChI=1S/C7H13NO3/c1-8-7(9)11-5-6-3-2-4-10-6/h6H,2-5H2,1H3,(H,8,9). The van der Waals surface area contributed by atoms with Gasteiger partial charge in [-0.1, -0.05) is 0 Å². The highest BCUT2D eigenvalue weighted by Gasteiger charge is 2.16. The van der Waals surface area contributed by atoms with Crippen LogP contribution in [0.1, 0.15) is 12.8 Å². The van der Waals surface area contributed by atoms with Crippen LogP contribution in [0.5, 0.6) is 0 Å². The molecule has 1 fully saturated rings. The minimum absolute atomic E-state index is 0.118. The molecule has 4 nitrogen and oxygen atoms in total. The monoisotopic (exact) mass is 159 g/mol. The lowest BCUT2D eigenvalue weighted by Gasteiger charge is -2.08. The van der Waals surface area contributed by atoms with Crippen molar-refractivity contribution in [1.29, 1.82) is 0 Å². The molecule has 1 saturated heterocycles. The lowest BCUT2D eigenvalue weighted by molar-refractivity contribution is 0.0445. The summed E-state index contributed by atoms with van der Waals surface area (Å²) < 4.78 is 10.0. The van der Waals surface area contributed by atoms with Crippen molar-refractivity contribution in [2.75, 3.05) is 20.3 Å². The van der Waals surface area contributed by atoms with Crippen LogP contribution in [-0.2, 0) is 9.47 Å². The second-order valence-corrected chi connectivity index (χ2v) is 2.48. The summed E-state index contributed by atoms with van der Waals surface area (Å²) >= 11 is 0. The number of carbonyl (C=O) groups excluding carboxylic acids is 1. The van der Waals surface area contributed by atoms with Crippen molar-refractivity contribution in [2.45, 2.75) is 18.9 Å². The molecule has 0 radical (unpaired) electrons. The van der Waals surface area contributed by atoms with Crippen LogP contribution in [0.25, 0.3) is 0 Å². The molecule has 1 aliphatic heterocycles. The van der Waals surface area contributed by atoms with Gasteiger partial charge in [-0.2, -0.15) is 0 Å². The van der Waals surface area contributed by atoms with E-state index in [0.29, 0.717) is 6.61 Å². The average Bonchev–Trinajstić information content (AvgIpc) is 2.52. The fourth-order valence-electron chi connectivity index (χ4n) is 1.02. The molecule has 1 rings (SSSR count). The molecule has 0 aliphatic carbocycles. The molecule has 0 aromatic rings. The summed E-state index contributed by atoms with van der Waals surface area (Å²) in [6.45, 7) is 1.17. The molecule has 4 heteroatoms. The molecule has 1 atom stereocenters. The highest BCUT2D eigenvalue weighted by atomic mass is 16.6. The Kier molecular flexibility index (Phi) is 3.16. The van der Waals surface area contributed by atoms with Crippen molar-refractivity contribution in [3.63, 3.8) is 0 Å². The summed E-state index contributed by atoms with van der Waals surface area (Å²) in [5.41, 5.74) is 0. The second-order valence-electron chi connectivity index (χ2n) is 2.48. The SMILES string of the molecule is CNC(=O)OCC1CCCO1. The van der Waals surface area contributed by atoms with E-state index in [4.69, 9.17) is 9.47 Å². The molecule has 1 N–H and O–H groups in total. The predicted molar refractivity (Wildman–Crippen MR) is 39.4 cm³/mol. The number of nitrogens with one attached hydrogen (secondary N) is 1. The number of ether oxygens (including phenoxy) is 2. The largest absolute Gasteiger partial charge is 0.447 e. The maximum absolute atomic E-state index is 10.6. The Hall–Kier alpha value is -0.770. The quantitative estimate of drug-likeness (QED) is 0.639. The summed E-state index contributed by atoms with van der Waals surface area (Å²) in [4.78, 5) is 10.6. The Morgan fingerprint density at radius 3 is 3.18 bits per heavy atom. The van der Waals surface area contributed by atoms with Gasteiger partial charge in [0.1, 0.15) is 6.61 Å². The van der Waals surface area contributed by atoms with Crippen LogP contribution in [-0.4, -0.2) is 32.5 Å². The third-order valence-electron chi connectivity index (χ3n) is 1.63. The van der Waals surface area contributed by atoms with Gasteiger partial charge in [0.15, 0.2) is 0 Å². The van der Waals surface area contributed by atoms with E-state index in [-0.39, 0.29) is 12.2 Å². The van der Waals surface area contributed by atoms with Crippen molar-refractivity contribution < 1.29 is 14.3 Å². The van der Waals surface area contributed by atoms with Crippen LogP contribution < -0.4 is 5.32 Å². The molecule has 0 saturated carbocycles. The third kappa shape index (κ3) is 2.76. The van der Waals surface area contributed by atoms with Gasteiger partial charge in [0, 0.05) is 13.7 Å². The van der Waals surface area contributed by atoms with Crippen LogP contribution in [0, 0.1) is 0 Å². The van der Waals surface area contributed by atoms with Gasteiger partial charge in [-0.05, 0) is 12.8 Å². The number of hydrogen-bond donors (Lipinski definition) is 1. The molecule has 11 heavy (non-hydrogen) atoms. The van der Waals surface area contributed by atoms with Gasteiger partial charge < -0.3 is 14.8 Å². The molecule has 64 valence electrons. The second kappa shape index (κ2) is 4.18. The number of hydrogen-bond acceptors (Lipinski definition) is 3. The van der Waals surface area contributed by atoms with Crippen molar-refractivity contribution in [1.82, 2.24) is 5.32 Å². The Morgan fingerprint density at radius 2 is 2.64 bits per heavy atom. The number of amides is 1. The van der Waals surface area contributed by atoms with Gasteiger partial charge in [-0.25, -0.2) is 4.79 Å². The first-order chi connectivity index (χ1) is 5.33. The lowest BCUT2D eigenvalue weighted by atomic mass is 10.2. The summed E-state index contributed by atoms with van der Waals surface area (Å²) in [6, 6.07) is 0. The van der Waals surface area contributed by atoms with E-state index in [2.05, 4.69) is 5.32 Å². The molecule has 1 amide bonds. The predicted octanol–water partition coefficient (Wildman–Crippen LogP) is 0.521. The zero-order valence-electron chi connectivity index (χ0n) is 6.63. The zero-order valence-corrected chi connectivity index (χ0v) is 6.63. The van der Waals surface area contributed by atoms with Crippen molar-refractivity contribution in [3.05, 3.63) is 0 Å². The Balaban J connectivity index is 2.06. The normalized spacial score (nSPS) is 23.2. The van der Waals surface area contributed by atoms with Crippen LogP contribution in [0.15, 0.2) is 0 Å². The summed E-state index contributed by atoms with van der Waals surface area (Å²) in [7, 11) is 1.54.